The van der Waals surface area contributed by atoms with E-state index in [1.807, 2.05) is 36.1 Å². The minimum Gasteiger partial charge on any atom is -0.394 e. The van der Waals surface area contributed by atoms with Gasteiger partial charge in [0.25, 0.3) is 0 Å². The van der Waals surface area contributed by atoms with E-state index in [1.54, 1.807) is 0 Å². The standard InChI is InChI=1S/C15H20N2O2/c1-11-4-6-13(7-5-11)16-14(19)17-8-2-3-12-9-15(12,17)10-18/h4-7,12,18H,2-3,8-10H2,1H3,(H,16,19)/t12-,15-/m1/s1. The Hall–Kier alpha value is -1.55. The number of carbonyl (C=O) groups excluding carboxylic acids is 1. The molecule has 0 aromatic heterocycles. The average Bonchev–Trinajstić information content (AvgIpc) is 3.16. The summed E-state index contributed by atoms with van der Waals surface area (Å²) < 4.78 is 0. The van der Waals surface area contributed by atoms with Crippen LogP contribution in [0.15, 0.2) is 24.3 Å². The van der Waals surface area contributed by atoms with E-state index in [4.69, 9.17) is 0 Å². The fourth-order valence-corrected chi connectivity index (χ4v) is 3.20. The molecule has 2 amide bonds. The first-order valence-electron chi connectivity index (χ1n) is 6.92. The van der Waals surface area contributed by atoms with Crippen LogP contribution in [0.5, 0.6) is 0 Å². The highest BCUT2D eigenvalue weighted by molar-refractivity contribution is 5.90. The zero-order valence-corrected chi connectivity index (χ0v) is 11.2. The van der Waals surface area contributed by atoms with Crippen LogP contribution in [0.2, 0.25) is 0 Å². The van der Waals surface area contributed by atoms with Crippen LogP contribution in [0.25, 0.3) is 0 Å². The molecule has 1 aromatic carbocycles. The van der Waals surface area contributed by atoms with Crippen LogP contribution in [0.4, 0.5) is 10.5 Å². The van der Waals surface area contributed by atoms with Crippen molar-refractivity contribution < 1.29 is 9.90 Å². The molecule has 2 N–H and O–H groups in total. The summed E-state index contributed by atoms with van der Waals surface area (Å²) in [5.74, 6) is 0.495. The monoisotopic (exact) mass is 260 g/mol. The van der Waals surface area contributed by atoms with Gasteiger partial charge in [0.15, 0.2) is 0 Å². The maximum atomic E-state index is 12.4. The first-order chi connectivity index (χ1) is 9.15. The molecule has 0 radical (unpaired) electrons. The number of urea groups is 1. The van der Waals surface area contributed by atoms with E-state index >= 15 is 0 Å². The molecule has 0 bridgehead atoms. The molecule has 1 aliphatic heterocycles. The van der Waals surface area contributed by atoms with Crippen LogP contribution >= 0.6 is 0 Å². The van der Waals surface area contributed by atoms with Crippen LogP contribution in [-0.4, -0.2) is 34.7 Å². The van der Waals surface area contributed by atoms with Crippen molar-refractivity contribution in [2.24, 2.45) is 5.92 Å². The number of hydrogen-bond acceptors (Lipinski definition) is 2. The number of benzene rings is 1. The third kappa shape index (κ3) is 2.10. The highest BCUT2D eigenvalue weighted by Gasteiger charge is 2.60. The third-order valence-corrected chi connectivity index (χ3v) is 4.49. The molecule has 2 aliphatic rings. The second-order valence-electron chi connectivity index (χ2n) is 5.75. The number of rotatable bonds is 2. The first kappa shape index (κ1) is 12.5. The highest BCUT2D eigenvalue weighted by atomic mass is 16.3. The van der Waals surface area contributed by atoms with Gasteiger partial charge < -0.3 is 15.3 Å². The molecule has 1 aliphatic carbocycles. The number of aliphatic hydroxyl groups excluding tert-OH is 1. The number of hydrogen-bond donors (Lipinski definition) is 2. The van der Waals surface area contributed by atoms with E-state index in [2.05, 4.69) is 5.32 Å². The van der Waals surface area contributed by atoms with Gasteiger partial charge in [-0.2, -0.15) is 0 Å². The number of piperidine rings is 1. The van der Waals surface area contributed by atoms with Crippen LogP contribution in [0.3, 0.4) is 0 Å². The highest BCUT2D eigenvalue weighted by Crippen LogP contribution is 2.53. The Bertz CT molecular complexity index is 485. The third-order valence-electron chi connectivity index (χ3n) is 4.49. The van der Waals surface area contributed by atoms with Crippen molar-refractivity contribution in [1.82, 2.24) is 4.90 Å². The quantitative estimate of drug-likeness (QED) is 0.857. The molecule has 4 nitrogen and oxygen atoms in total. The first-order valence-corrected chi connectivity index (χ1v) is 6.92. The van der Waals surface area contributed by atoms with Gasteiger partial charge >= 0.3 is 6.03 Å². The number of aliphatic hydroxyl groups is 1. The van der Waals surface area contributed by atoms with E-state index < -0.39 is 0 Å². The Balaban J connectivity index is 1.71. The fourth-order valence-electron chi connectivity index (χ4n) is 3.20. The average molecular weight is 260 g/mol. The van der Waals surface area contributed by atoms with Gasteiger partial charge in [0.05, 0.1) is 12.1 Å². The Morgan fingerprint density at radius 3 is 2.89 bits per heavy atom. The molecule has 0 spiro atoms. The number of anilines is 1. The molecule has 1 saturated carbocycles. The van der Waals surface area contributed by atoms with Crippen molar-refractivity contribution in [2.75, 3.05) is 18.5 Å². The minimum atomic E-state index is -0.271. The lowest BCUT2D eigenvalue weighted by atomic mass is 10.0. The molecule has 2 fully saturated rings. The van der Waals surface area contributed by atoms with Crippen molar-refractivity contribution >= 4 is 11.7 Å². The molecule has 2 atom stereocenters. The normalized spacial score (nSPS) is 28.7. The topological polar surface area (TPSA) is 52.6 Å². The maximum Gasteiger partial charge on any atom is 0.322 e. The Morgan fingerprint density at radius 2 is 2.21 bits per heavy atom. The molecule has 1 heterocycles. The number of fused-ring (bicyclic) bond motifs is 1. The predicted molar refractivity (Wildman–Crippen MR) is 74.1 cm³/mol. The summed E-state index contributed by atoms with van der Waals surface area (Å²) >= 11 is 0. The smallest absolute Gasteiger partial charge is 0.322 e. The number of nitrogens with one attached hydrogen (secondary N) is 1. The van der Waals surface area contributed by atoms with Gasteiger partial charge in [-0.15, -0.1) is 0 Å². The molecular weight excluding hydrogens is 240 g/mol. The van der Waals surface area contributed by atoms with Crippen molar-refractivity contribution in [1.29, 1.82) is 0 Å². The Labute approximate surface area is 113 Å². The summed E-state index contributed by atoms with van der Waals surface area (Å²) in [6.07, 6.45) is 3.12. The van der Waals surface area contributed by atoms with Gasteiger partial charge in [0, 0.05) is 12.2 Å². The zero-order chi connectivity index (χ0) is 13.5. The molecule has 19 heavy (non-hydrogen) atoms. The summed E-state index contributed by atoms with van der Waals surface area (Å²) in [5, 5.41) is 12.5. The number of amides is 2. The minimum absolute atomic E-state index is 0.0823. The molecule has 3 rings (SSSR count). The molecule has 1 aromatic rings. The molecule has 0 unspecified atom stereocenters. The largest absolute Gasteiger partial charge is 0.394 e. The number of carbonyl (C=O) groups is 1. The van der Waals surface area contributed by atoms with Gasteiger partial charge in [-0.3, -0.25) is 0 Å². The summed E-state index contributed by atoms with van der Waals surface area (Å²) in [7, 11) is 0. The van der Waals surface area contributed by atoms with Crippen LogP contribution < -0.4 is 5.32 Å². The predicted octanol–water partition coefficient (Wildman–Crippen LogP) is 2.37. The number of nitrogens with zero attached hydrogens (tertiary/aromatic N) is 1. The van der Waals surface area contributed by atoms with Gasteiger partial charge in [0.2, 0.25) is 0 Å². The van der Waals surface area contributed by atoms with Gasteiger partial charge in [-0.1, -0.05) is 17.7 Å². The summed E-state index contributed by atoms with van der Waals surface area (Å²) in [4.78, 5) is 14.2. The lowest BCUT2D eigenvalue weighted by Crippen LogP contribution is -2.50. The van der Waals surface area contributed by atoms with Gasteiger partial charge in [-0.25, -0.2) is 4.79 Å². The maximum absolute atomic E-state index is 12.4. The number of aryl methyl sites for hydroxylation is 1. The lowest BCUT2D eigenvalue weighted by Gasteiger charge is -2.35. The van der Waals surface area contributed by atoms with E-state index in [0.29, 0.717) is 5.92 Å². The molecule has 102 valence electrons. The number of likely N-dealkylation sites (tertiary alicyclic amines) is 1. The fraction of sp³-hybridized carbons (Fsp3) is 0.533. The van der Waals surface area contributed by atoms with E-state index in [-0.39, 0.29) is 18.2 Å². The van der Waals surface area contributed by atoms with Crippen molar-refractivity contribution in [3.05, 3.63) is 29.8 Å². The second kappa shape index (κ2) is 4.53. The lowest BCUT2D eigenvalue weighted by molar-refractivity contribution is 0.0996. The van der Waals surface area contributed by atoms with E-state index in [0.717, 1.165) is 31.5 Å². The molecular formula is C15H20N2O2. The van der Waals surface area contributed by atoms with Crippen LogP contribution in [0.1, 0.15) is 24.8 Å². The van der Waals surface area contributed by atoms with Crippen molar-refractivity contribution in [3.63, 3.8) is 0 Å². The summed E-state index contributed by atoms with van der Waals surface area (Å²) in [6.45, 7) is 2.85. The summed E-state index contributed by atoms with van der Waals surface area (Å²) in [5.41, 5.74) is 1.71. The van der Waals surface area contributed by atoms with Crippen molar-refractivity contribution in [3.8, 4) is 0 Å². The Morgan fingerprint density at radius 1 is 1.47 bits per heavy atom. The van der Waals surface area contributed by atoms with Crippen LogP contribution in [-0.2, 0) is 0 Å². The SMILES string of the molecule is Cc1ccc(NC(=O)N2CCC[C@@H]3C[C@@]32CO)cc1. The zero-order valence-electron chi connectivity index (χ0n) is 11.2. The van der Waals surface area contributed by atoms with E-state index in [9.17, 15) is 9.90 Å². The summed E-state index contributed by atoms with van der Waals surface area (Å²) in [6, 6.07) is 7.70. The van der Waals surface area contributed by atoms with E-state index in [1.165, 1.54) is 5.56 Å². The van der Waals surface area contributed by atoms with Gasteiger partial charge in [0.1, 0.15) is 0 Å². The Kier molecular flexibility index (Phi) is 2.97. The van der Waals surface area contributed by atoms with Crippen molar-refractivity contribution in [2.45, 2.75) is 31.7 Å². The second-order valence-corrected chi connectivity index (χ2v) is 5.75. The van der Waals surface area contributed by atoms with Gasteiger partial charge in [-0.05, 0) is 44.2 Å². The molecule has 4 heteroatoms. The molecule has 1 saturated heterocycles. The van der Waals surface area contributed by atoms with Crippen LogP contribution in [0, 0.1) is 12.8 Å².